The van der Waals surface area contributed by atoms with Gasteiger partial charge in [0.05, 0.1) is 11.9 Å². The van der Waals surface area contributed by atoms with E-state index in [2.05, 4.69) is 5.32 Å². The SMILES string of the molecule is CC(C)CNC(=O)[C@@H](Cc1ccccc1)N(Cc1ccc(F)cc1)C(=O)CCCN(c1ccc(Cl)cc1)S(C)(=O)=O. The number of rotatable bonds is 14. The monoisotopic (exact) mass is 601 g/mol. The molecule has 0 saturated heterocycles. The number of nitrogens with one attached hydrogen (secondary N) is 1. The lowest BCUT2D eigenvalue weighted by atomic mass is 10.0. The normalized spacial score (nSPS) is 12.1. The molecule has 0 aliphatic rings. The van der Waals surface area contributed by atoms with Crippen molar-refractivity contribution in [3.05, 3.63) is 101 Å². The molecule has 3 rings (SSSR count). The van der Waals surface area contributed by atoms with Gasteiger partial charge in [-0.2, -0.15) is 0 Å². The molecule has 0 aromatic heterocycles. The maximum Gasteiger partial charge on any atom is 0.243 e. The highest BCUT2D eigenvalue weighted by Crippen LogP contribution is 2.22. The smallest absolute Gasteiger partial charge is 0.243 e. The molecule has 3 aromatic rings. The van der Waals surface area contributed by atoms with Gasteiger partial charge >= 0.3 is 0 Å². The van der Waals surface area contributed by atoms with Crippen molar-refractivity contribution >= 4 is 39.1 Å². The Balaban J connectivity index is 1.87. The number of anilines is 1. The second-order valence-electron chi connectivity index (χ2n) is 10.4. The van der Waals surface area contributed by atoms with E-state index < -0.39 is 21.9 Å². The van der Waals surface area contributed by atoms with Crippen molar-refractivity contribution < 1.29 is 22.4 Å². The first kappa shape index (κ1) is 32.1. The molecule has 0 radical (unpaired) electrons. The Kier molecular flexibility index (Phi) is 11.7. The third kappa shape index (κ3) is 10.2. The van der Waals surface area contributed by atoms with E-state index in [4.69, 9.17) is 11.6 Å². The number of hydrogen-bond donors (Lipinski definition) is 1. The summed E-state index contributed by atoms with van der Waals surface area (Å²) in [5, 5.41) is 3.44. The summed E-state index contributed by atoms with van der Waals surface area (Å²) in [6.07, 6.45) is 1.63. The molecule has 0 spiro atoms. The quantitative estimate of drug-likeness (QED) is 0.267. The first-order valence-electron chi connectivity index (χ1n) is 13.5. The molecule has 0 aliphatic heterocycles. The molecule has 0 heterocycles. The summed E-state index contributed by atoms with van der Waals surface area (Å²) in [6.45, 7) is 4.59. The minimum absolute atomic E-state index is 0.00353. The average molecular weight is 602 g/mol. The van der Waals surface area contributed by atoms with Gasteiger partial charge in [-0.05, 0) is 59.9 Å². The Hall–Kier alpha value is -3.43. The summed E-state index contributed by atoms with van der Waals surface area (Å²) in [7, 11) is -3.62. The molecule has 0 aliphatic carbocycles. The van der Waals surface area contributed by atoms with E-state index in [0.717, 1.165) is 11.8 Å². The van der Waals surface area contributed by atoms with Crippen molar-refractivity contribution in [1.29, 1.82) is 0 Å². The van der Waals surface area contributed by atoms with Crippen LogP contribution in [0.2, 0.25) is 5.02 Å². The lowest BCUT2D eigenvalue weighted by Crippen LogP contribution is -2.51. The molecule has 1 atom stereocenters. The minimum atomic E-state index is -3.62. The summed E-state index contributed by atoms with van der Waals surface area (Å²) < 4.78 is 39.9. The Morgan fingerprint density at radius 2 is 1.56 bits per heavy atom. The third-order valence-electron chi connectivity index (χ3n) is 6.49. The van der Waals surface area contributed by atoms with E-state index in [9.17, 15) is 22.4 Å². The van der Waals surface area contributed by atoms with Gasteiger partial charge in [-0.25, -0.2) is 12.8 Å². The van der Waals surface area contributed by atoms with Crippen LogP contribution in [0.15, 0.2) is 78.9 Å². The zero-order valence-corrected chi connectivity index (χ0v) is 25.2. The van der Waals surface area contributed by atoms with Crippen LogP contribution in [0.4, 0.5) is 10.1 Å². The second kappa shape index (κ2) is 15.0. The molecule has 0 saturated carbocycles. The number of carbonyl (C=O) groups is 2. The summed E-state index contributed by atoms with van der Waals surface area (Å²) in [5.41, 5.74) is 2.01. The van der Waals surface area contributed by atoms with Gasteiger partial charge in [0, 0.05) is 37.5 Å². The van der Waals surface area contributed by atoms with Crippen LogP contribution in [0.5, 0.6) is 0 Å². The molecule has 1 N–H and O–H groups in total. The van der Waals surface area contributed by atoms with E-state index in [0.29, 0.717) is 22.8 Å². The lowest BCUT2D eigenvalue weighted by molar-refractivity contribution is -0.141. The molecule has 0 fully saturated rings. The highest BCUT2D eigenvalue weighted by Gasteiger charge is 2.30. The molecule has 41 heavy (non-hydrogen) atoms. The number of amides is 2. The number of carbonyl (C=O) groups excluding carboxylic acids is 2. The van der Waals surface area contributed by atoms with E-state index in [1.54, 1.807) is 36.4 Å². The van der Waals surface area contributed by atoms with Crippen LogP contribution in [-0.2, 0) is 32.6 Å². The van der Waals surface area contributed by atoms with Crippen LogP contribution >= 0.6 is 11.6 Å². The van der Waals surface area contributed by atoms with Crippen LogP contribution in [0.25, 0.3) is 0 Å². The molecule has 7 nitrogen and oxygen atoms in total. The predicted octanol–water partition coefficient (Wildman–Crippen LogP) is 5.44. The topological polar surface area (TPSA) is 86.8 Å². The van der Waals surface area contributed by atoms with Gasteiger partial charge in [0.1, 0.15) is 11.9 Å². The van der Waals surface area contributed by atoms with Gasteiger partial charge in [-0.3, -0.25) is 13.9 Å². The van der Waals surface area contributed by atoms with Crippen molar-refractivity contribution in [3.63, 3.8) is 0 Å². The Labute approximate surface area is 247 Å². The number of hydrogen-bond acceptors (Lipinski definition) is 4. The van der Waals surface area contributed by atoms with Crippen molar-refractivity contribution in [3.8, 4) is 0 Å². The summed E-state index contributed by atoms with van der Waals surface area (Å²) in [5.74, 6) is -0.769. The van der Waals surface area contributed by atoms with Gasteiger partial charge < -0.3 is 10.2 Å². The fourth-order valence-electron chi connectivity index (χ4n) is 4.37. The van der Waals surface area contributed by atoms with Gasteiger partial charge in [-0.1, -0.05) is 67.9 Å². The zero-order valence-electron chi connectivity index (χ0n) is 23.6. The predicted molar refractivity (Wildman–Crippen MR) is 162 cm³/mol. The standard InChI is InChI=1S/C31H37ClFN3O4S/c1-23(2)21-34-31(38)29(20-24-8-5-4-6-9-24)35(22-25-11-15-27(33)16-12-25)30(37)10-7-19-36(41(3,39)40)28-17-13-26(32)14-18-28/h4-6,8-9,11-18,23,29H,7,10,19-22H2,1-3H3,(H,34,38)/t29-/m1/s1. The third-order valence-corrected chi connectivity index (χ3v) is 7.93. The fourth-order valence-corrected chi connectivity index (χ4v) is 5.47. The Morgan fingerprint density at radius 1 is 0.927 bits per heavy atom. The van der Waals surface area contributed by atoms with Gasteiger partial charge in [-0.15, -0.1) is 0 Å². The maximum atomic E-state index is 13.8. The van der Waals surface area contributed by atoms with Crippen LogP contribution in [0.3, 0.4) is 0 Å². The number of halogens is 2. The molecular weight excluding hydrogens is 565 g/mol. The number of benzene rings is 3. The molecule has 0 bridgehead atoms. The van der Waals surface area contributed by atoms with E-state index in [1.807, 2.05) is 44.2 Å². The Morgan fingerprint density at radius 3 is 2.15 bits per heavy atom. The van der Waals surface area contributed by atoms with Crippen molar-refractivity contribution in [2.45, 2.75) is 45.7 Å². The average Bonchev–Trinajstić information content (AvgIpc) is 2.93. The van der Waals surface area contributed by atoms with E-state index >= 15 is 0 Å². The Bertz CT molecular complexity index is 1390. The van der Waals surface area contributed by atoms with Crippen LogP contribution < -0.4 is 9.62 Å². The van der Waals surface area contributed by atoms with Gasteiger partial charge in [0.15, 0.2) is 0 Å². The molecule has 0 unspecified atom stereocenters. The summed E-state index contributed by atoms with van der Waals surface area (Å²) >= 11 is 5.97. The van der Waals surface area contributed by atoms with Crippen LogP contribution in [-0.4, -0.2) is 50.5 Å². The molecule has 2 amide bonds. The summed E-state index contributed by atoms with van der Waals surface area (Å²) in [4.78, 5) is 28.8. The van der Waals surface area contributed by atoms with Crippen LogP contribution in [0.1, 0.15) is 37.8 Å². The fraction of sp³-hybridized carbons (Fsp3) is 0.355. The lowest BCUT2D eigenvalue weighted by Gasteiger charge is -2.32. The van der Waals surface area contributed by atoms with E-state index in [-0.39, 0.29) is 50.1 Å². The second-order valence-corrected chi connectivity index (χ2v) is 12.8. The zero-order chi connectivity index (χ0) is 30.0. The number of nitrogens with zero attached hydrogens (tertiary/aromatic N) is 2. The first-order valence-corrected chi connectivity index (χ1v) is 15.8. The number of sulfonamides is 1. The highest BCUT2D eigenvalue weighted by atomic mass is 35.5. The van der Waals surface area contributed by atoms with Gasteiger partial charge in [0.2, 0.25) is 21.8 Å². The molecule has 3 aromatic carbocycles. The first-order chi connectivity index (χ1) is 19.4. The summed E-state index contributed by atoms with van der Waals surface area (Å²) in [6, 6.07) is 20.9. The largest absolute Gasteiger partial charge is 0.354 e. The minimum Gasteiger partial charge on any atom is -0.354 e. The molecule has 220 valence electrons. The highest BCUT2D eigenvalue weighted by molar-refractivity contribution is 7.92. The van der Waals surface area contributed by atoms with E-state index in [1.165, 1.54) is 21.3 Å². The molecule has 10 heteroatoms. The van der Waals surface area contributed by atoms with Crippen molar-refractivity contribution in [2.75, 3.05) is 23.7 Å². The maximum absolute atomic E-state index is 13.8. The van der Waals surface area contributed by atoms with Crippen molar-refractivity contribution in [1.82, 2.24) is 10.2 Å². The van der Waals surface area contributed by atoms with Crippen LogP contribution in [0, 0.1) is 11.7 Å². The van der Waals surface area contributed by atoms with Gasteiger partial charge in [0.25, 0.3) is 0 Å². The molecular formula is C31H37ClFN3O4S. The van der Waals surface area contributed by atoms with Crippen molar-refractivity contribution in [2.24, 2.45) is 5.92 Å².